The molecule has 0 aliphatic carbocycles. The number of amides is 2. The van der Waals surface area contributed by atoms with Crippen LogP contribution in [0.25, 0.3) is 0 Å². The van der Waals surface area contributed by atoms with Gasteiger partial charge in [0.2, 0.25) is 11.8 Å². The highest BCUT2D eigenvalue weighted by Gasteiger charge is 2.21. The van der Waals surface area contributed by atoms with Gasteiger partial charge >= 0.3 is 0 Å². The highest BCUT2D eigenvalue weighted by atomic mass is 79.9. The van der Waals surface area contributed by atoms with Crippen molar-refractivity contribution in [3.63, 3.8) is 0 Å². The molecule has 1 aliphatic heterocycles. The Bertz CT molecular complexity index is 470. The molecule has 2 rings (SSSR count). The van der Waals surface area contributed by atoms with Crippen LogP contribution in [0.2, 0.25) is 0 Å². The third-order valence-electron chi connectivity index (χ3n) is 3.14. The van der Waals surface area contributed by atoms with Crippen LogP contribution in [0.1, 0.15) is 12.8 Å². The van der Waals surface area contributed by atoms with Gasteiger partial charge in [-0.15, -0.1) is 0 Å². The fourth-order valence-corrected chi connectivity index (χ4v) is 2.27. The van der Waals surface area contributed by atoms with Crippen LogP contribution in [-0.2, 0) is 14.3 Å². The molecule has 0 bridgehead atoms. The van der Waals surface area contributed by atoms with Gasteiger partial charge in [-0.3, -0.25) is 9.59 Å². The van der Waals surface area contributed by atoms with Crippen LogP contribution in [-0.4, -0.2) is 31.6 Å². The first kappa shape index (κ1) is 15.0. The van der Waals surface area contributed by atoms with E-state index in [1.807, 2.05) is 12.1 Å². The molecular formula is C14H17BrN2O3. The summed E-state index contributed by atoms with van der Waals surface area (Å²) in [7, 11) is 0. The molecule has 1 heterocycles. The van der Waals surface area contributed by atoms with Gasteiger partial charge in [0.15, 0.2) is 0 Å². The third-order valence-corrected chi connectivity index (χ3v) is 3.67. The minimum absolute atomic E-state index is 0.00768. The molecule has 20 heavy (non-hydrogen) atoms. The molecule has 2 amide bonds. The average Bonchev–Trinajstić information content (AvgIpc) is 2.48. The zero-order valence-electron chi connectivity index (χ0n) is 11.0. The van der Waals surface area contributed by atoms with Gasteiger partial charge in [0.1, 0.15) is 0 Å². The zero-order valence-corrected chi connectivity index (χ0v) is 12.6. The fraction of sp³-hybridized carbons (Fsp3) is 0.429. The number of hydrogen-bond donors (Lipinski definition) is 2. The van der Waals surface area contributed by atoms with Crippen molar-refractivity contribution >= 4 is 33.4 Å². The monoisotopic (exact) mass is 340 g/mol. The van der Waals surface area contributed by atoms with E-state index in [-0.39, 0.29) is 24.3 Å². The van der Waals surface area contributed by atoms with Crippen LogP contribution in [0.15, 0.2) is 28.7 Å². The molecule has 0 spiro atoms. The van der Waals surface area contributed by atoms with Crippen molar-refractivity contribution in [2.75, 3.05) is 25.1 Å². The van der Waals surface area contributed by atoms with Crippen LogP contribution in [0, 0.1) is 5.92 Å². The number of hydrogen-bond acceptors (Lipinski definition) is 3. The highest BCUT2D eigenvalue weighted by Crippen LogP contribution is 2.15. The molecule has 0 unspecified atom stereocenters. The van der Waals surface area contributed by atoms with Gasteiger partial charge in [-0.25, -0.2) is 0 Å². The molecule has 0 radical (unpaired) electrons. The zero-order chi connectivity index (χ0) is 14.4. The Balaban J connectivity index is 1.74. The summed E-state index contributed by atoms with van der Waals surface area (Å²) >= 11 is 3.33. The minimum atomic E-state index is -0.229. The average molecular weight is 341 g/mol. The maximum Gasteiger partial charge on any atom is 0.243 e. The molecule has 6 heteroatoms. The number of benzene rings is 1. The molecule has 0 aromatic heterocycles. The van der Waals surface area contributed by atoms with Crippen molar-refractivity contribution in [3.05, 3.63) is 28.7 Å². The molecule has 1 fully saturated rings. The molecular weight excluding hydrogens is 324 g/mol. The van der Waals surface area contributed by atoms with Gasteiger partial charge in [-0.2, -0.15) is 0 Å². The Morgan fingerprint density at radius 3 is 2.50 bits per heavy atom. The second-order valence-electron chi connectivity index (χ2n) is 4.66. The van der Waals surface area contributed by atoms with Crippen molar-refractivity contribution in [1.82, 2.24) is 5.32 Å². The van der Waals surface area contributed by atoms with E-state index in [9.17, 15) is 9.59 Å². The topological polar surface area (TPSA) is 67.4 Å². The lowest BCUT2D eigenvalue weighted by Gasteiger charge is -2.21. The summed E-state index contributed by atoms with van der Waals surface area (Å²) < 4.78 is 6.15. The summed E-state index contributed by atoms with van der Waals surface area (Å²) in [5.41, 5.74) is 0.707. The smallest absolute Gasteiger partial charge is 0.243 e. The van der Waals surface area contributed by atoms with E-state index in [1.54, 1.807) is 12.1 Å². The van der Waals surface area contributed by atoms with E-state index >= 15 is 0 Å². The quantitative estimate of drug-likeness (QED) is 0.879. The molecule has 0 atom stereocenters. The molecule has 5 nitrogen and oxygen atoms in total. The molecule has 1 aliphatic rings. The number of carbonyl (C=O) groups excluding carboxylic acids is 2. The summed E-state index contributed by atoms with van der Waals surface area (Å²) in [5, 5.41) is 5.40. The van der Waals surface area contributed by atoms with Crippen molar-refractivity contribution in [3.8, 4) is 0 Å². The first-order valence-corrected chi connectivity index (χ1v) is 7.35. The molecule has 2 N–H and O–H groups in total. The van der Waals surface area contributed by atoms with Gasteiger partial charge in [0, 0.05) is 29.3 Å². The summed E-state index contributed by atoms with van der Waals surface area (Å²) in [6.07, 6.45) is 1.44. The first-order valence-electron chi connectivity index (χ1n) is 6.56. The van der Waals surface area contributed by atoms with Gasteiger partial charge in [-0.05, 0) is 37.1 Å². The Hall–Kier alpha value is -1.40. The van der Waals surface area contributed by atoms with E-state index in [0.29, 0.717) is 18.9 Å². The Morgan fingerprint density at radius 2 is 1.85 bits per heavy atom. The Kier molecular flexibility index (Phi) is 5.55. The summed E-state index contributed by atoms with van der Waals surface area (Å²) in [4.78, 5) is 23.6. The Labute approximate surface area is 126 Å². The fourth-order valence-electron chi connectivity index (χ4n) is 2.01. The van der Waals surface area contributed by atoms with Crippen LogP contribution in [0.4, 0.5) is 5.69 Å². The van der Waals surface area contributed by atoms with E-state index in [0.717, 1.165) is 17.3 Å². The molecule has 0 saturated carbocycles. The number of halogens is 1. The van der Waals surface area contributed by atoms with Gasteiger partial charge in [0.25, 0.3) is 0 Å². The SMILES string of the molecule is O=C(CNC(=O)C1CCOCC1)Nc1ccc(Br)cc1. The van der Waals surface area contributed by atoms with E-state index in [2.05, 4.69) is 26.6 Å². The van der Waals surface area contributed by atoms with Gasteiger partial charge in [0.05, 0.1) is 6.54 Å². The van der Waals surface area contributed by atoms with Gasteiger partial charge in [-0.1, -0.05) is 15.9 Å². The van der Waals surface area contributed by atoms with Crippen molar-refractivity contribution in [2.45, 2.75) is 12.8 Å². The highest BCUT2D eigenvalue weighted by molar-refractivity contribution is 9.10. The van der Waals surface area contributed by atoms with Crippen molar-refractivity contribution in [2.24, 2.45) is 5.92 Å². The lowest BCUT2D eigenvalue weighted by Crippen LogP contribution is -2.38. The largest absolute Gasteiger partial charge is 0.381 e. The number of rotatable bonds is 4. The summed E-state index contributed by atoms with van der Waals surface area (Å²) in [6.45, 7) is 1.22. The standard InChI is InChI=1S/C14H17BrN2O3/c15-11-1-3-12(4-2-11)17-13(18)9-16-14(19)10-5-7-20-8-6-10/h1-4,10H,5-9H2,(H,16,19)(H,17,18). The van der Waals surface area contributed by atoms with E-state index in [4.69, 9.17) is 4.74 Å². The number of carbonyl (C=O) groups is 2. The number of anilines is 1. The van der Waals surface area contributed by atoms with Crippen molar-refractivity contribution < 1.29 is 14.3 Å². The predicted molar refractivity (Wildman–Crippen MR) is 79.3 cm³/mol. The minimum Gasteiger partial charge on any atom is -0.381 e. The number of ether oxygens (including phenoxy) is 1. The Morgan fingerprint density at radius 1 is 1.20 bits per heavy atom. The molecule has 1 saturated heterocycles. The van der Waals surface area contributed by atoms with Crippen LogP contribution in [0.3, 0.4) is 0 Å². The second kappa shape index (κ2) is 7.40. The second-order valence-corrected chi connectivity index (χ2v) is 5.58. The van der Waals surface area contributed by atoms with Gasteiger partial charge < -0.3 is 15.4 Å². The van der Waals surface area contributed by atoms with Crippen LogP contribution in [0.5, 0.6) is 0 Å². The molecule has 108 valence electrons. The lowest BCUT2D eigenvalue weighted by atomic mass is 9.99. The maximum absolute atomic E-state index is 11.8. The van der Waals surface area contributed by atoms with Crippen LogP contribution < -0.4 is 10.6 Å². The first-order chi connectivity index (χ1) is 9.65. The van der Waals surface area contributed by atoms with E-state index < -0.39 is 0 Å². The number of nitrogens with one attached hydrogen (secondary N) is 2. The molecule has 1 aromatic carbocycles. The maximum atomic E-state index is 11.8. The predicted octanol–water partition coefficient (Wildman–Crippen LogP) is 1.93. The summed E-state index contributed by atoms with van der Waals surface area (Å²) in [6, 6.07) is 7.27. The van der Waals surface area contributed by atoms with Crippen LogP contribution >= 0.6 is 15.9 Å². The third kappa shape index (κ3) is 4.61. The van der Waals surface area contributed by atoms with Crippen molar-refractivity contribution in [1.29, 1.82) is 0 Å². The lowest BCUT2D eigenvalue weighted by molar-refractivity contribution is -0.129. The van der Waals surface area contributed by atoms with E-state index in [1.165, 1.54) is 0 Å². The normalized spacial score (nSPS) is 15.7. The summed E-state index contributed by atoms with van der Waals surface area (Å²) in [5.74, 6) is -0.337. The molecule has 1 aromatic rings.